The van der Waals surface area contributed by atoms with Crippen LogP contribution in [-0.4, -0.2) is 58.5 Å². The number of aromatic nitrogens is 3. The lowest BCUT2D eigenvalue weighted by Crippen LogP contribution is -2.71. The SMILES string of the molecule is COc1ccc(-c2cnc3c(Nc4ccc(C(=O)N5CC6(CNC6)C5)c(C)c4)nccn23)cc1F. The highest BCUT2D eigenvalue weighted by atomic mass is 19.1. The van der Waals surface area contributed by atoms with Gasteiger partial charge in [-0.1, -0.05) is 0 Å². The zero-order chi connectivity index (χ0) is 24.2. The molecule has 0 radical (unpaired) electrons. The number of methoxy groups -OCH3 is 1. The lowest BCUT2D eigenvalue weighted by atomic mass is 9.74. The molecule has 1 amide bonds. The molecule has 8 nitrogen and oxygen atoms in total. The molecule has 4 heterocycles. The molecule has 2 saturated heterocycles. The quantitative estimate of drug-likeness (QED) is 0.462. The summed E-state index contributed by atoms with van der Waals surface area (Å²) in [6.07, 6.45) is 5.14. The van der Waals surface area contributed by atoms with Crippen LogP contribution in [0.15, 0.2) is 55.0 Å². The van der Waals surface area contributed by atoms with Crippen molar-refractivity contribution in [1.82, 2.24) is 24.6 Å². The maximum atomic E-state index is 14.3. The molecule has 9 heteroatoms. The van der Waals surface area contributed by atoms with Gasteiger partial charge in [-0.25, -0.2) is 14.4 Å². The number of nitrogens with one attached hydrogen (secondary N) is 2. The smallest absolute Gasteiger partial charge is 0.254 e. The molecule has 2 aliphatic rings. The zero-order valence-electron chi connectivity index (χ0n) is 19.5. The van der Waals surface area contributed by atoms with Crippen LogP contribution < -0.4 is 15.4 Å². The van der Waals surface area contributed by atoms with E-state index in [1.54, 1.807) is 30.7 Å². The number of anilines is 2. The summed E-state index contributed by atoms with van der Waals surface area (Å²) in [5.41, 5.74) is 4.75. The van der Waals surface area contributed by atoms with Gasteiger partial charge in [0, 0.05) is 60.8 Å². The third-order valence-corrected chi connectivity index (χ3v) is 6.93. The normalized spacial score (nSPS) is 16.1. The van der Waals surface area contributed by atoms with Gasteiger partial charge in [0.25, 0.3) is 5.91 Å². The number of likely N-dealkylation sites (tertiary alicyclic amines) is 1. The van der Waals surface area contributed by atoms with Crippen LogP contribution in [0.5, 0.6) is 5.75 Å². The van der Waals surface area contributed by atoms with E-state index in [4.69, 9.17) is 4.74 Å². The fourth-order valence-electron chi connectivity index (χ4n) is 4.94. The molecule has 4 aromatic rings. The molecule has 0 aliphatic carbocycles. The highest BCUT2D eigenvalue weighted by Gasteiger charge is 2.49. The second-order valence-corrected chi connectivity index (χ2v) is 9.38. The summed E-state index contributed by atoms with van der Waals surface area (Å²) in [6.45, 7) is 5.59. The van der Waals surface area contributed by atoms with Gasteiger partial charge >= 0.3 is 0 Å². The van der Waals surface area contributed by atoms with E-state index in [9.17, 15) is 9.18 Å². The molecule has 0 bridgehead atoms. The predicted octanol–water partition coefficient (Wildman–Crippen LogP) is 3.64. The zero-order valence-corrected chi connectivity index (χ0v) is 19.5. The van der Waals surface area contributed by atoms with Crippen molar-refractivity contribution in [2.24, 2.45) is 5.41 Å². The molecule has 0 unspecified atom stereocenters. The Labute approximate surface area is 201 Å². The van der Waals surface area contributed by atoms with Crippen molar-refractivity contribution in [3.63, 3.8) is 0 Å². The number of ether oxygens (including phenoxy) is 1. The Kier molecular flexibility index (Phi) is 4.96. The third-order valence-electron chi connectivity index (χ3n) is 6.93. The van der Waals surface area contributed by atoms with Crippen molar-refractivity contribution in [3.05, 3.63) is 71.9 Å². The monoisotopic (exact) mass is 472 g/mol. The van der Waals surface area contributed by atoms with Crippen molar-refractivity contribution in [2.75, 3.05) is 38.6 Å². The molecule has 0 atom stereocenters. The van der Waals surface area contributed by atoms with Crippen molar-refractivity contribution >= 4 is 23.1 Å². The van der Waals surface area contributed by atoms with E-state index in [-0.39, 0.29) is 11.7 Å². The molecular weight excluding hydrogens is 447 g/mol. The van der Waals surface area contributed by atoms with Crippen molar-refractivity contribution < 1.29 is 13.9 Å². The van der Waals surface area contributed by atoms with Gasteiger partial charge in [0.2, 0.25) is 0 Å². The van der Waals surface area contributed by atoms with Gasteiger partial charge in [0.05, 0.1) is 19.0 Å². The van der Waals surface area contributed by atoms with Gasteiger partial charge < -0.3 is 20.3 Å². The maximum Gasteiger partial charge on any atom is 0.254 e. The average Bonchev–Trinajstić information content (AvgIpc) is 3.22. The van der Waals surface area contributed by atoms with Gasteiger partial charge in [-0.3, -0.25) is 9.20 Å². The van der Waals surface area contributed by atoms with E-state index in [1.165, 1.54) is 13.2 Å². The van der Waals surface area contributed by atoms with E-state index in [2.05, 4.69) is 20.6 Å². The van der Waals surface area contributed by atoms with E-state index >= 15 is 0 Å². The molecule has 2 aromatic carbocycles. The van der Waals surface area contributed by atoms with Gasteiger partial charge in [-0.2, -0.15) is 0 Å². The number of nitrogens with zero attached hydrogens (tertiary/aromatic N) is 4. The Morgan fingerprint density at radius 2 is 2.00 bits per heavy atom. The summed E-state index contributed by atoms with van der Waals surface area (Å²) in [5.74, 6) is 0.401. The Bertz CT molecular complexity index is 1450. The summed E-state index contributed by atoms with van der Waals surface area (Å²) >= 11 is 0. The third kappa shape index (κ3) is 3.59. The number of hydrogen-bond acceptors (Lipinski definition) is 6. The Morgan fingerprint density at radius 3 is 2.69 bits per heavy atom. The molecule has 35 heavy (non-hydrogen) atoms. The van der Waals surface area contributed by atoms with Crippen LogP contribution in [0.2, 0.25) is 0 Å². The number of carbonyl (C=O) groups is 1. The predicted molar refractivity (Wildman–Crippen MR) is 131 cm³/mol. The second kappa shape index (κ2) is 8.06. The Balaban J connectivity index is 1.24. The number of rotatable bonds is 5. The van der Waals surface area contributed by atoms with Crippen LogP contribution in [0.4, 0.5) is 15.9 Å². The van der Waals surface area contributed by atoms with E-state index in [0.717, 1.165) is 43.1 Å². The highest BCUT2D eigenvalue weighted by Crippen LogP contribution is 2.35. The first kappa shape index (κ1) is 21.5. The standard InChI is InChI=1S/C26H25FN6O2/c1-16-9-18(4-5-19(16)25(34)32-14-26(15-32)12-28-13-26)31-23-24-30-11-21(33(24)8-7-29-23)17-3-6-22(35-2)20(27)10-17/h3-11,28H,12-15H2,1-2H3,(H,29,31). The first-order valence-corrected chi connectivity index (χ1v) is 11.5. The summed E-state index contributed by atoms with van der Waals surface area (Å²) < 4.78 is 21.1. The number of imidazole rings is 1. The minimum atomic E-state index is -0.435. The van der Waals surface area contributed by atoms with Gasteiger partial charge in [0.1, 0.15) is 0 Å². The van der Waals surface area contributed by atoms with Gasteiger partial charge in [-0.05, 0) is 48.9 Å². The number of halogens is 1. The molecule has 2 N–H and O–H groups in total. The number of amides is 1. The van der Waals surface area contributed by atoms with Crippen LogP contribution in [0.1, 0.15) is 15.9 Å². The number of aryl methyl sites for hydroxylation is 1. The average molecular weight is 473 g/mol. The first-order chi connectivity index (χ1) is 17.0. The second-order valence-electron chi connectivity index (χ2n) is 9.38. The van der Waals surface area contributed by atoms with Gasteiger partial charge in [-0.15, -0.1) is 0 Å². The van der Waals surface area contributed by atoms with Gasteiger partial charge in [0.15, 0.2) is 23.0 Å². The molecule has 178 valence electrons. The molecule has 0 saturated carbocycles. The summed E-state index contributed by atoms with van der Waals surface area (Å²) in [7, 11) is 1.44. The minimum absolute atomic E-state index is 0.0800. The number of benzene rings is 2. The molecule has 2 aliphatic heterocycles. The minimum Gasteiger partial charge on any atom is -0.494 e. The van der Waals surface area contributed by atoms with Crippen molar-refractivity contribution in [2.45, 2.75) is 6.92 Å². The number of carbonyl (C=O) groups excluding carboxylic acids is 1. The van der Waals surface area contributed by atoms with Crippen LogP contribution in [0, 0.1) is 18.2 Å². The molecule has 2 fully saturated rings. The number of fused-ring (bicyclic) bond motifs is 1. The maximum absolute atomic E-state index is 14.3. The van der Waals surface area contributed by atoms with Crippen LogP contribution in [0.3, 0.4) is 0 Å². The van der Waals surface area contributed by atoms with E-state index in [0.29, 0.717) is 28.0 Å². The lowest BCUT2D eigenvalue weighted by molar-refractivity contribution is -0.0248. The largest absolute Gasteiger partial charge is 0.494 e. The fourth-order valence-corrected chi connectivity index (χ4v) is 4.94. The molecule has 6 rings (SSSR count). The molecular formula is C26H25FN6O2. The first-order valence-electron chi connectivity index (χ1n) is 11.5. The summed E-state index contributed by atoms with van der Waals surface area (Å²) in [5, 5.41) is 6.61. The van der Waals surface area contributed by atoms with E-state index < -0.39 is 5.82 Å². The van der Waals surface area contributed by atoms with Crippen molar-refractivity contribution in [3.8, 4) is 17.0 Å². The summed E-state index contributed by atoms with van der Waals surface area (Å²) in [6, 6.07) is 10.5. The molecule has 2 aromatic heterocycles. The number of hydrogen-bond donors (Lipinski definition) is 2. The fraction of sp³-hybridized carbons (Fsp3) is 0.269. The lowest BCUT2D eigenvalue weighted by Gasteiger charge is -2.56. The highest BCUT2D eigenvalue weighted by molar-refractivity contribution is 5.97. The van der Waals surface area contributed by atoms with Crippen LogP contribution >= 0.6 is 0 Å². The van der Waals surface area contributed by atoms with Crippen LogP contribution in [0.25, 0.3) is 16.9 Å². The Hall–Kier alpha value is -3.98. The Morgan fingerprint density at radius 1 is 1.17 bits per heavy atom. The van der Waals surface area contributed by atoms with E-state index in [1.807, 2.05) is 34.4 Å². The molecule has 1 spiro atoms. The topological polar surface area (TPSA) is 83.8 Å². The van der Waals surface area contributed by atoms with Crippen LogP contribution in [-0.2, 0) is 0 Å². The summed E-state index contributed by atoms with van der Waals surface area (Å²) in [4.78, 5) is 23.8. The van der Waals surface area contributed by atoms with Crippen molar-refractivity contribution in [1.29, 1.82) is 0 Å².